The van der Waals surface area contributed by atoms with E-state index in [1.807, 2.05) is 78.9 Å². The summed E-state index contributed by atoms with van der Waals surface area (Å²) in [5.74, 6) is 0. The van der Waals surface area contributed by atoms with Crippen LogP contribution in [0.15, 0.2) is 133 Å². The van der Waals surface area contributed by atoms with E-state index >= 15 is 0 Å². The number of fused-ring (bicyclic) bond motifs is 3. The fourth-order valence-corrected chi connectivity index (χ4v) is 5.82. The third-order valence-corrected chi connectivity index (χ3v) is 7.81. The molecule has 1 aromatic heterocycles. The van der Waals surface area contributed by atoms with E-state index in [0.29, 0.717) is 16.7 Å². The first kappa shape index (κ1) is 25.6. The zero-order valence-electron chi connectivity index (χ0n) is 23.0. The SMILES string of the molecule is N#Cc1cccc(-c2cc(-c3ccccc3)cc(-c3cc(C#N)cc(-n4c5ccccc5c5cc(C#N)ccc54)c3)c2)c1. The zero-order chi connectivity index (χ0) is 29.3. The van der Waals surface area contributed by atoms with Gasteiger partial charge in [0.1, 0.15) is 0 Å². The summed E-state index contributed by atoms with van der Waals surface area (Å²) >= 11 is 0. The topological polar surface area (TPSA) is 76.3 Å². The van der Waals surface area contributed by atoms with Crippen molar-refractivity contribution in [3.63, 3.8) is 0 Å². The average Bonchev–Trinajstić information content (AvgIpc) is 3.42. The number of hydrogen-bond acceptors (Lipinski definition) is 3. The van der Waals surface area contributed by atoms with E-state index < -0.39 is 0 Å². The molecule has 1 heterocycles. The molecule has 198 valence electrons. The average molecular weight is 547 g/mol. The second-order valence-corrected chi connectivity index (χ2v) is 10.4. The Morgan fingerprint density at radius 3 is 1.72 bits per heavy atom. The molecule has 0 fully saturated rings. The van der Waals surface area contributed by atoms with E-state index in [0.717, 1.165) is 60.9 Å². The van der Waals surface area contributed by atoms with Crippen molar-refractivity contribution >= 4 is 21.8 Å². The first-order valence-electron chi connectivity index (χ1n) is 13.9. The standard InChI is InChI=1S/C39H22N4/c40-23-26-7-6-10-30(15-26)33-19-32(29-8-2-1-3-9-29)20-34(21-33)31-16-28(25-42)17-35(22-31)43-38-12-5-4-11-36(38)37-18-27(24-41)13-14-39(37)43/h1-22H. The lowest BCUT2D eigenvalue weighted by Crippen LogP contribution is -1.96. The molecule has 0 bridgehead atoms. The highest BCUT2D eigenvalue weighted by atomic mass is 15.0. The monoisotopic (exact) mass is 546 g/mol. The van der Waals surface area contributed by atoms with Crippen molar-refractivity contribution < 1.29 is 0 Å². The third-order valence-electron chi connectivity index (χ3n) is 7.81. The predicted molar refractivity (Wildman–Crippen MR) is 171 cm³/mol. The molecule has 0 amide bonds. The van der Waals surface area contributed by atoms with Gasteiger partial charge in [0.15, 0.2) is 0 Å². The number of nitrogens with zero attached hydrogens (tertiary/aromatic N) is 4. The molecular formula is C39H22N4. The molecule has 0 aliphatic rings. The van der Waals surface area contributed by atoms with Crippen LogP contribution in [0.5, 0.6) is 0 Å². The lowest BCUT2D eigenvalue weighted by atomic mass is 9.92. The Balaban J connectivity index is 1.49. The Morgan fingerprint density at radius 1 is 0.372 bits per heavy atom. The van der Waals surface area contributed by atoms with Crippen molar-refractivity contribution in [1.82, 2.24) is 4.57 Å². The van der Waals surface area contributed by atoms with Gasteiger partial charge in [0.05, 0.1) is 45.9 Å². The van der Waals surface area contributed by atoms with Gasteiger partial charge in [-0.3, -0.25) is 0 Å². The molecule has 0 aliphatic heterocycles. The molecule has 0 unspecified atom stereocenters. The van der Waals surface area contributed by atoms with E-state index in [9.17, 15) is 15.8 Å². The van der Waals surface area contributed by atoms with Crippen LogP contribution in [-0.4, -0.2) is 4.57 Å². The Morgan fingerprint density at radius 2 is 0.953 bits per heavy atom. The summed E-state index contributed by atoms with van der Waals surface area (Å²) in [6.07, 6.45) is 0. The molecule has 7 aromatic rings. The molecule has 0 radical (unpaired) electrons. The fraction of sp³-hybridized carbons (Fsp3) is 0. The van der Waals surface area contributed by atoms with Crippen LogP contribution in [-0.2, 0) is 0 Å². The smallest absolute Gasteiger partial charge is 0.0992 e. The number of nitriles is 3. The molecule has 7 rings (SSSR count). The van der Waals surface area contributed by atoms with Gasteiger partial charge in [-0.2, -0.15) is 15.8 Å². The van der Waals surface area contributed by atoms with Crippen LogP contribution in [0.4, 0.5) is 0 Å². The van der Waals surface area contributed by atoms with Crippen LogP contribution >= 0.6 is 0 Å². The van der Waals surface area contributed by atoms with Crippen LogP contribution in [0.25, 0.3) is 60.9 Å². The van der Waals surface area contributed by atoms with Crippen LogP contribution < -0.4 is 0 Å². The summed E-state index contributed by atoms with van der Waals surface area (Å²) in [5, 5.41) is 31.2. The molecule has 0 atom stereocenters. The van der Waals surface area contributed by atoms with Crippen molar-refractivity contribution in [2.45, 2.75) is 0 Å². The van der Waals surface area contributed by atoms with Crippen molar-refractivity contribution in [3.05, 3.63) is 150 Å². The quantitative estimate of drug-likeness (QED) is 0.221. The molecule has 0 spiro atoms. The predicted octanol–water partition coefficient (Wildman–Crippen LogP) is 9.40. The number of hydrogen-bond donors (Lipinski definition) is 0. The molecule has 4 heteroatoms. The van der Waals surface area contributed by atoms with E-state index in [1.165, 1.54) is 0 Å². The van der Waals surface area contributed by atoms with E-state index in [1.54, 1.807) is 6.07 Å². The molecule has 0 saturated heterocycles. The van der Waals surface area contributed by atoms with E-state index in [4.69, 9.17) is 0 Å². The normalized spacial score (nSPS) is 10.7. The van der Waals surface area contributed by atoms with Crippen LogP contribution in [0.1, 0.15) is 16.7 Å². The summed E-state index contributed by atoms with van der Waals surface area (Å²) in [6.45, 7) is 0. The highest BCUT2D eigenvalue weighted by molar-refractivity contribution is 6.09. The van der Waals surface area contributed by atoms with E-state index in [-0.39, 0.29) is 0 Å². The second-order valence-electron chi connectivity index (χ2n) is 10.4. The maximum Gasteiger partial charge on any atom is 0.0992 e. The minimum absolute atomic E-state index is 0.546. The van der Waals surface area contributed by atoms with Gasteiger partial charge in [-0.25, -0.2) is 0 Å². The van der Waals surface area contributed by atoms with Gasteiger partial charge in [-0.15, -0.1) is 0 Å². The van der Waals surface area contributed by atoms with Crippen LogP contribution in [0.2, 0.25) is 0 Å². The van der Waals surface area contributed by atoms with Crippen molar-refractivity contribution in [2.24, 2.45) is 0 Å². The minimum Gasteiger partial charge on any atom is -0.309 e. The zero-order valence-corrected chi connectivity index (χ0v) is 23.0. The van der Waals surface area contributed by atoms with Crippen molar-refractivity contribution in [2.75, 3.05) is 0 Å². The van der Waals surface area contributed by atoms with Gasteiger partial charge in [0.25, 0.3) is 0 Å². The summed E-state index contributed by atoms with van der Waals surface area (Å²) in [5.41, 5.74) is 10.5. The summed E-state index contributed by atoms with van der Waals surface area (Å²) in [7, 11) is 0. The Bertz CT molecular complexity index is 2320. The van der Waals surface area contributed by atoms with Gasteiger partial charge in [-0.05, 0) is 106 Å². The highest BCUT2D eigenvalue weighted by Gasteiger charge is 2.15. The number of aromatic nitrogens is 1. The first-order valence-corrected chi connectivity index (χ1v) is 13.9. The van der Waals surface area contributed by atoms with Gasteiger partial charge < -0.3 is 4.57 Å². The summed E-state index contributed by atoms with van der Waals surface area (Å²) < 4.78 is 2.16. The maximum absolute atomic E-state index is 10.1. The van der Waals surface area contributed by atoms with Crippen molar-refractivity contribution in [1.29, 1.82) is 15.8 Å². The third kappa shape index (κ3) is 4.58. The lowest BCUT2D eigenvalue weighted by Gasteiger charge is -2.14. The van der Waals surface area contributed by atoms with Gasteiger partial charge in [0.2, 0.25) is 0 Å². The van der Waals surface area contributed by atoms with Crippen molar-refractivity contribution in [3.8, 4) is 57.3 Å². The van der Waals surface area contributed by atoms with Gasteiger partial charge in [-0.1, -0.05) is 60.7 Å². The molecule has 0 aliphatic carbocycles. The van der Waals surface area contributed by atoms with Gasteiger partial charge in [0, 0.05) is 16.5 Å². The Hall–Kier alpha value is -6.41. The Kier molecular flexibility index (Phi) is 6.26. The molecule has 6 aromatic carbocycles. The summed E-state index contributed by atoms with van der Waals surface area (Å²) in [4.78, 5) is 0. The summed E-state index contributed by atoms with van der Waals surface area (Å²) in [6, 6.07) is 50.9. The second kappa shape index (κ2) is 10.5. The highest BCUT2D eigenvalue weighted by Crippen LogP contribution is 2.37. The number of benzene rings is 6. The minimum atomic E-state index is 0.546. The van der Waals surface area contributed by atoms with Crippen LogP contribution in [0.3, 0.4) is 0 Å². The van der Waals surface area contributed by atoms with Gasteiger partial charge >= 0.3 is 0 Å². The Labute approximate surface area is 249 Å². The molecule has 0 N–H and O–H groups in total. The number of para-hydroxylation sites is 1. The number of rotatable bonds is 4. The molecule has 0 saturated carbocycles. The lowest BCUT2D eigenvalue weighted by molar-refractivity contribution is 1.18. The molecule has 4 nitrogen and oxygen atoms in total. The van der Waals surface area contributed by atoms with E-state index in [2.05, 4.69) is 71.3 Å². The molecular weight excluding hydrogens is 524 g/mol. The largest absolute Gasteiger partial charge is 0.309 e. The molecule has 43 heavy (non-hydrogen) atoms. The maximum atomic E-state index is 10.1. The first-order chi connectivity index (χ1) is 21.1. The fourth-order valence-electron chi connectivity index (χ4n) is 5.82. The van der Waals surface area contributed by atoms with Crippen LogP contribution in [0, 0.1) is 34.0 Å².